The van der Waals surface area contributed by atoms with Crippen molar-refractivity contribution in [3.63, 3.8) is 0 Å². The monoisotopic (exact) mass is 695 g/mol. The third-order valence-corrected chi connectivity index (χ3v) is 9.92. The Hall–Kier alpha value is -4.05. The van der Waals surface area contributed by atoms with E-state index in [1.165, 1.54) is 24.1 Å². The molecule has 1 N–H and O–H groups in total. The molecule has 11 heteroatoms. The summed E-state index contributed by atoms with van der Waals surface area (Å²) in [6.45, 7) is 5.54. The van der Waals surface area contributed by atoms with Crippen molar-refractivity contribution in [3.05, 3.63) is 124 Å². The van der Waals surface area contributed by atoms with E-state index >= 15 is 0 Å². The minimum atomic E-state index is -4.25. The van der Waals surface area contributed by atoms with E-state index in [1.54, 1.807) is 54.6 Å². The molecule has 1 atom stereocenters. The highest BCUT2D eigenvalue weighted by atomic mass is 35.5. The topological polar surface area (TPSA) is 96.0 Å². The number of benzene rings is 4. The summed E-state index contributed by atoms with van der Waals surface area (Å²) in [5.41, 5.74) is 2.49. The number of amides is 2. The molecule has 0 aromatic heterocycles. The highest BCUT2D eigenvalue weighted by Crippen LogP contribution is 2.29. The maximum absolute atomic E-state index is 14.6. The van der Waals surface area contributed by atoms with Crippen LogP contribution in [0.1, 0.15) is 30.5 Å². The standard InChI is InChI=1S/C36H39Cl2N3O5S/c1-25(2)22-39-36(43)34(19-27-9-6-5-7-10-27)40(23-28-15-16-29(37)20-33(28)38)35(42)24-41(30-11-8-12-31(21-30)46-4)47(44,45)32-17-13-26(3)14-18-32/h5-18,20-21,25,34H,19,22-24H2,1-4H3,(H,39,43). The molecule has 1 unspecified atom stereocenters. The fourth-order valence-corrected chi connectivity index (χ4v) is 6.82. The van der Waals surface area contributed by atoms with Crippen molar-refractivity contribution in [1.82, 2.24) is 10.2 Å². The molecule has 0 aliphatic carbocycles. The van der Waals surface area contributed by atoms with Gasteiger partial charge in [-0.25, -0.2) is 8.42 Å². The van der Waals surface area contributed by atoms with E-state index in [0.29, 0.717) is 27.9 Å². The van der Waals surface area contributed by atoms with Crippen LogP contribution in [-0.2, 0) is 32.6 Å². The number of hydrogen-bond acceptors (Lipinski definition) is 5. The Bertz CT molecular complexity index is 1780. The number of ether oxygens (including phenoxy) is 1. The van der Waals surface area contributed by atoms with Crippen molar-refractivity contribution in [1.29, 1.82) is 0 Å². The third kappa shape index (κ3) is 9.50. The lowest BCUT2D eigenvalue weighted by molar-refractivity contribution is -0.140. The number of carbonyl (C=O) groups is 2. The number of halogens is 2. The Morgan fingerprint density at radius 1 is 0.894 bits per heavy atom. The first-order valence-corrected chi connectivity index (χ1v) is 17.4. The SMILES string of the molecule is COc1cccc(N(CC(=O)N(Cc2ccc(Cl)cc2Cl)C(Cc2ccccc2)C(=O)NCC(C)C)S(=O)(=O)c2ccc(C)cc2)c1. The van der Waals surface area contributed by atoms with Crippen LogP contribution in [-0.4, -0.2) is 51.4 Å². The zero-order valence-corrected chi connectivity index (χ0v) is 29.1. The highest BCUT2D eigenvalue weighted by molar-refractivity contribution is 7.92. The van der Waals surface area contributed by atoms with E-state index in [-0.39, 0.29) is 35.4 Å². The number of hydrogen-bond donors (Lipinski definition) is 1. The summed E-state index contributed by atoms with van der Waals surface area (Å²) in [6, 6.07) is 26.2. The molecule has 8 nitrogen and oxygen atoms in total. The lowest BCUT2D eigenvalue weighted by atomic mass is 10.0. The Labute approximate surface area is 287 Å². The lowest BCUT2D eigenvalue weighted by Gasteiger charge is -2.34. The number of anilines is 1. The third-order valence-electron chi connectivity index (χ3n) is 7.54. The van der Waals surface area contributed by atoms with Crippen LogP contribution in [0.15, 0.2) is 102 Å². The molecule has 248 valence electrons. The van der Waals surface area contributed by atoms with Gasteiger partial charge in [-0.2, -0.15) is 0 Å². The molecule has 4 aromatic carbocycles. The molecular weight excluding hydrogens is 657 g/mol. The molecule has 4 rings (SSSR count). The van der Waals surface area contributed by atoms with Gasteiger partial charge in [0.2, 0.25) is 11.8 Å². The van der Waals surface area contributed by atoms with E-state index in [4.69, 9.17) is 27.9 Å². The zero-order chi connectivity index (χ0) is 34.1. The van der Waals surface area contributed by atoms with E-state index in [2.05, 4.69) is 5.32 Å². The Morgan fingerprint density at radius 2 is 1.60 bits per heavy atom. The number of nitrogens with one attached hydrogen (secondary N) is 1. The fourth-order valence-electron chi connectivity index (χ4n) is 4.94. The second-order valence-corrected chi connectivity index (χ2v) is 14.3. The van der Waals surface area contributed by atoms with Gasteiger partial charge in [0.05, 0.1) is 17.7 Å². The Morgan fingerprint density at radius 3 is 2.23 bits per heavy atom. The molecule has 0 saturated carbocycles. The van der Waals surface area contributed by atoms with Gasteiger partial charge < -0.3 is 15.0 Å². The molecule has 47 heavy (non-hydrogen) atoms. The van der Waals surface area contributed by atoms with E-state index in [0.717, 1.165) is 15.4 Å². The first-order valence-electron chi connectivity index (χ1n) is 15.2. The molecular formula is C36H39Cl2N3O5S. The van der Waals surface area contributed by atoms with Gasteiger partial charge in [0.25, 0.3) is 10.0 Å². The quantitative estimate of drug-likeness (QED) is 0.155. The Balaban J connectivity index is 1.83. The van der Waals surface area contributed by atoms with E-state index < -0.39 is 28.5 Å². The molecule has 0 aliphatic heterocycles. The molecule has 0 radical (unpaired) electrons. The van der Waals surface area contributed by atoms with Crippen molar-refractivity contribution >= 4 is 50.7 Å². The summed E-state index contributed by atoms with van der Waals surface area (Å²) in [7, 11) is -2.77. The maximum Gasteiger partial charge on any atom is 0.264 e. The van der Waals surface area contributed by atoms with Crippen LogP contribution >= 0.6 is 23.2 Å². The summed E-state index contributed by atoms with van der Waals surface area (Å²) in [5.74, 6) is -0.390. The van der Waals surface area contributed by atoms with Crippen LogP contribution in [0.25, 0.3) is 0 Å². The maximum atomic E-state index is 14.6. The largest absolute Gasteiger partial charge is 0.497 e. The van der Waals surface area contributed by atoms with Crippen molar-refractivity contribution < 1.29 is 22.7 Å². The number of carbonyl (C=O) groups excluding carboxylic acids is 2. The van der Waals surface area contributed by atoms with Crippen LogP contribution < -0.4 is 14.4 Å². The van der Waals surface area contributed by atoms with Gasteiger partial charge in [-0.3, -0.25) is 13.9 Å². The van der Waals surface area contributed by atoms with Gasteiger partial charge in [-0.05, 0) is 60.4 Å². The van der Waals surface area contributed by atoms with Gasteiger partial charge in [-0.1, -0.05) is 97.2 Å². The average molecular weight is 697 g/mol. The number of rotatable bonds is 14. The van der Waals surface area contributed by atoms with Gasteiger partial charge in [0.15, 0.2) is 0 Å². The fraction of sp³-hybridized carbons (Fsp3) is 0.278. The molecule has 0 saturated heterocycles. The highest BCUT2D eigenvalue weighted by Gasteiger charge is 2.35. The van der Waals surface area contributed by atoms with Crippen LogP contribution in [0, 0.1) is 12.8 Å². The van der Waals surface area contributed by atoms with Crippen molar-refractivity contribution in [2.75, 3.05) is 24.5 Å². The average Bonchev–Trinajstić information content (AvgIpc) is 3.05. The predicted molar refractivity (Wildman–Crippen MR) is 187 cm³/mol. The second-order valence-electron chi connectivity index (χ2n) is 11.6. The van der Waals surface area contributed by atoms with Crippen LogP contribution in [0.3, 0.4) is 0 Å². The summed E-state index contributed by atoms with van der Waals surface area (Å²) in [6.07, 6.45) is 0.186. The molecule has 0 aliphatic rings. The zero-order valence-electron chi connectivity index (χ0n) is 26.8. The van der Waals surface area contributed by atoms with Crippen LogP contribution in [0.2, 0.25) is 10.0 Å². The van der Waals surface area contributed by atoms with E-state index in [1.807, 2.05) is 51.1 Å². The van der Waals surface area contributed by atoms with Gasteiger partial charge >= 0.3 is 0 Å². The van der Waals surface area contributed by atoms with Gasteiger partial charge in [-0.15, -0.1) is 0 Å². The molecule has 0 fully saturated rings. The molecule has 0 bridgehead atoms. The van der Waals surface area contributed by atoms with E-state index in [9.17, 15) is 18.0 Å². The molecule has 0 heterocycles. The van der Waals surface area contributed by atoms with Gasteiger partial charge in [0.1, 0.15) is 18.3 Å². The molecule has 0 spiro atoms. The number of aryl methyl sites for hydroxylation is 1. The molecule has 2 amide bonds. The van der Waals surface area contributed by atoms with Crippen LogP contribution in [0.4, 0.5) is 5.69 Å². The minimum Gasteiger partial charge on any atom is -0.497 e. The second kappa shape index (κ2) is 16.2. The summed E-state index contributed by atoms with van der Waals surface area (Å²) in [5, 5.41) is 3.70. The number of methoxy groups -OCH3 is 1. The molecule has 4 aromatic rings. The van der Waals surface area contributed by atoms with Crippen molar-refractivity contribution in [2.45, 2.75) is 44.7 Å². The summed E-state index contributed by atoms with van der Waals surface area (Å²) >= 11 is 12.8. The van der Waals surface area contributed by atoms with Crippen molar-refractivity contribution in [3.8, 4) is 5.75 Å². The van der Waals surface area contributed by atoms with Gasteiger partial charge in [0, 0.05) is 35.6 Å². The summed E-state index contributed by atoms with van der Waals surface area (Å²) in [4.78, 5) is 29.9. The first kappa shape index (κ1) is 35.8. The first-order chi connectivity index (χ1) is 22.4. The number of sulfonamides is 1. The Kier molecular flexibility index (Phi) is 12.3. The summed E-state index contributed by atoms with van der Waals surface area (Å²) < 4.78 is 34.9. The smallest absolute Gasteiger partial charge is 0.264 e. The normalized spacial score (nSPS) is 12.0. The minimum absolute atomic E-state index is 0.0153. The number of nitrogens with zero attached hydrogens (tertiary/aromatic N) is 2. The van der Waals surface area contributed by atoms with Crippen molar-refractivity contribution in [2.24, 2.45) is 5.92 Å². The lowest BCUT2D eigenvalue weighted by Crippen LogP contribution is -2.53. The van der Waals surface area contributed by atoms with Crippen LogP contribution in [0.5, 0.6) is 5.75 Å². The predicted octanol–water partition coefficient (Wildman–Crippen LogP) is 6.92.